The Hall–Kier alpha value is -1.35. The van der Waals surface area contributed by atoms with Gasteiger partial charge in [-0.05, 0) is 81.9 Å². The predicted molar refractivity (Wildman–Crippen MR) is 99.5 cm³/mol. The van der Waals surface area contributed by atoms with Crippen LogP contribution in [0.25, 0.3) is 0 Å². The molecule has 1 heterocycles. The van der Waals surface area contributed by atoms with Crippen molar-refractivity contribution in [3.63, 3.8) is 0 Å². The lowest BCUT2D eigenvalue weighted by Crippen LogP contribution is -2.62. The Kier molecular flexibility index (Phi) is 3.99. The average Bonchev–Trinajstić information content (AvgIpc) is 2.52. The zero-order valence-corrected chi connectivity index (χ0v) is 15.8. The van der Waals surface area contributed by atoms with Crippen molar-refractivity contribution in [3.05, 3.63) is 34.9 Å². The lowest BCUT2D eigenvalue weighted by molar-refractivity contribution is -0.163. The molecule has 3 fully saturated rings. The molecule has 3 heteroatoms. The molecule has 3 nitrogen and oxygen atoms in total. The van der Waals surface area contributed by atoms with Crippen LogP contribution in [-0.2, 0) is 4.79 Å². The quantitative estimate of drug-likeness (QED) is 0.885. The molecule has 25 heavy (non-hydrogen) atoms. The summed E-state index contributed by atoms with van der Waals surface area (Å²) < 4.78 is 0. The van der Waals surface area contributed by atoms with Crippen molar-refractivity contribution < 1.29 is 9.90 Å². The van der Waals surface area contributed by atoms with Crippen LogP contribution in [0.4, 0.5) is 0 Å². The van der Waals surface area contributed by atoms with Gasteiger partial charge in [0.2, 0.25) is 5.91 Å². The first-order chi connectivity index (χ1) is 11.8. The lowest BCUT2D eigenvalue weighted by Gasteiger charge is -2.55. The monoisotopic (exact) mass is 341 g/mol. The van der Waals surface area contributed by atoms with Crippen LogP contribution in [0.5, 0.6) is 0 Å². The number of aliphatic hydroxyl groups is 1. The maximum atomic E-state index is 12.5. The van der Waals surface area contributed by atoms with Crippen molar-refractivity contribution in [3.8, 4) is 0 Å². The Morgan fingerprint density at radius 2 is 1.76 bits per heavy atom. The highest BCUT2D eigenvalue weighted by Gasteiger charge is 2.51. The van der Waals surface area contributed by atoms with Crippen molar-refractivity contribution in [2.45, 2.75) is 70.8 Å². The van der Waals surface area contributed by atoms with Crippen LogP contribution in [0.1, 0.15) is 68.1 Å². The summed E-state index contributed by atoms with van der Waals surface area (Å²) in [5.74, 6) is 1.05. The van der Waals surface area contributed by atoms with Gasteiger partial charge in [-0.1, -0.05) is 18.2 Å². The van der Waals surface area contributed by atoms with Gasteiger partial charge >= 0.3 is 0 Å². The summed E-state index contributed by atoms with van der Waals surface area (Å²) >= 11 is 0. The van der Waals surface area contributed by atoms with Crippen molar-refractivity contribution in [2.75, 3.05) is 13.1 Å². The van der Waals surface area contributed by atoms with E-state index in [4.69, 9.17) is 0 Å². The third-order valence-electron chi connectivity index (χ3n) is 7.13. The van der Waals surface area contributed by atoms with E-state index in [0.717, 1.165) is 13.1 Å². The molecule has 2 aliphatic carbocycles. The van der Waals surface area contributed by atoms with Crippen molar-refractivity contribution >= 4 is 5.91 Å². The van der Waals surface area contributed by atoms with Gasteiger partial charge in [0.25, 0.3) is 0 Å². The van der Waals surface area contributed by atoms with E-state index in [2.05, 4.69) is 36.9 Å². The Morgan fingerprint density at radius 3 is 2.32 bits per heavy atom. The van der Waals surface area contributed by atoms with E-state index in [-0.39, 0.29) is 11.8 Å². The summed E-state index contributed by atoms with van der Waals surface area (Å²) in [5.41, 5.74) is 4.06. The molecule has 0 unspecified atom stereocenters. The minimum atomic E-state index is -0.604. The number of carbonyl (C=O) groups is 1. The molecule has 1 aromatic rings. The predicted octanol–water partition coefficient (Wildman–Crippen LogP) is 3.95. The summed E-state index contributed by atoms with van der Waals surface area (Å²) in [6.07, 6.45) is 6.28. The molecular weight excluding hydrogens is 310 g/mol. The summed E-state index contributed by atoms with van der Waals surface area (Å²) in [6.45, 7) is 8.11. The second-order valence-corrected chi connectivity index (χ2v) is 9.41. The van der Waals surface area contributed by atoms with E-state index >= 15 is 0 Å². The molecule has 1 aromatic carbocycles. The van der Waals surface area contributed by atoms with E-state index in [1.165, 1.54) is 42.4 Å². The molecule has 0 atom stereocenters. The average molecular weight is 341 g/mol. The number of rotatable bonds is 2. The lowest BCUT2D eigenvalue weighted by atomic mass is 9.63. The summed E-state index contributed by atoms with van der Waals surface area (Å²) in [4.78, 5) is 14.5. The molecule has 2 saturated carbocycles. The number of nitrogens with zero attached hydrogens (tertiary/aromatic N) is 1. The molecule has 0 radical (unpaired) electrons. The highest BCUT2D eigenvalue weighted by atomic mass is 16.3. The van der Waals surface area contributed by atoms with E-state index in [1.807, 2.05) is 6.92 Å². The van der Waals surface area contributed by atoms with Crippen LogP contribution < -0.4 is 0 Å². The first kappa shape index (κ1) is 17.1. The largest absolute Gasteiger partial charge is 0.390 e. The molecule has 1 aliphatic heterocycles. The smallest absolute Gasteiger partial charge is 0.225 e. The molecule has 1 amide bonds. The second kappa shape index (κ2) is 5.84. The van der Waals surface area contributed by atoms with Gasteiger partial charge in [0.05, 0.1) is 5.60 Å². The van der Waals surface area contributed by atoms with Gasteiger partial charge in [-0.2, -0.15) is 0 Å². The zero-order valence-electron chi connectivity index (χ0n) is 15.8. The van der Waals surface area contributed by atoms with Crippen LogP contribution in [0.3, 0.4) is 0 Å². The molecule has 0 aromatic heterocycles. The Morgan fingerprint density at radius 1 is 1.12 bits per heavy atom. The highest BCUT2D eigenvalue weighted by molar-refractivity contribution is 5.81. The Bertz CT molecular complexity index is 669. The number of hydrogen-bond donors (Lipinski definition) is 1. The maximum Gasteiger partial charge on any atom is 0.225 e. The fraction of sp³-hybridized carbons (Fsp3) is 0.682. The number of amides is 1. The number of hydrogen-bond acceptors (Lipinski definition) is 2. The topological polar surface area (TPSA) is 40.5 Å². The van der Waals surface area contributed by atoms with Crippen LogP contribution >= 0.6 is 0 Å². The number of benzene rings is 1. The zero-order chi connectivity index (χ0) is 17.8. The van der Waals surface area contributed by atoms with E-state index in [1.54, 1.807) is 0 Å². The minimum absolute atomic E-state index is 0.0687. The molecule has 3 aliphatic rings. The van der Waals surface area contributed by atoms with Gasteiger partial charge < -0.3 is 10.0 Å². The van der Waals surface area contributed by atoms with Gasteiger partial charge in [0.1, 0.15) is 0 Å². The third kappa shape index (κ3) is 3.12. The first-order valence-corrected chi connectivity index (χ1v) is 9.85. The van der Waals surface area contributed by atoms with Crippen molar-refractivity contribution in [1.82, 2.24) is 4.90 Å². The molecular formula is C22H31NO2. The van der Waals surface area contributed by atoms with Gasteiger partial charge in [0.15, 0.2) is 0 Å². The van der Waals surface area contributed by atoms with Crippen molar-refractivity contribution in [1.29, 1.82) is 0 Å². The number of carbonyl (C=O) groups excluding carboxylic acids is 1. The van der Waals surface area contributed by atoms with E-state index < -0.39 is 5.60 Å². The van der Waals surface area contributed by atoms with Gasteiger partial charge in [-0.25, -0.2) is 0 Å². The Balaban J connectivity index is 1.30. The summed E-state index contributed by atoms with van der Waals surface area (Å²) in [5, 5.41) is 9.85. The highest BCUT2D eigenvalue weighted by Crippen LogP contribution is 2.49. The molecule has 1 spiro atoms. The minimum Gasteiger partial charge on any atom is -0.390 e. The normalized spacial score (nSPS) is 31.5. The standard InChI is InChI=1S/C22H31NO2/c1-15-4-5-18(10-16(15)2)17-6-8-22(9-7-17)13-23(14-22)20(24)19-11-21(3,25)12-19/h4-5,10,17,19,25H,6-9,11-14H2,1-3H3. The van der Waals surface area contributed by atoms with Gasteiger partial charge in [0, 0.05) is 24.4 Å². The number of likely N-dealkylation sites (tertiary alicyclic amines) is 1. The molecule has 0 bridgehead atoms. The Labute approximate surface area is 151 Å². The fourth-order valence-electron chi connectivity index (χ4n) is 5.25. The second-order valence-electron chi connectivity index (χ2n) is 9.41. The van der Waals surface area contributed by atoms with Crippen LogP contribution in [0.2, 0.25) is 0 Å². The van der Waals surface area contributed by atoms with E-state index in [0.29, 0.717) is 24.2 Å². The SMILES string of the molecule is Cc1ccc(C2CCC3(CC2)CN(C(=O)C2CC(C)(O)C2)C3)cc1C. The van der Waals surface area contributed by atoms with Gasteiger partial charge in [-0.15, -0.1) is 0 Å². The fourth-order valence-corrected chi connectivity index (χ4v) is 5.25. The van der Waals surface area contributed by atoms with Crippen molar-refractivity contribution in [2.24, 2.45) is 11.3 Å². The first-order valence-electron chi connectivity index (χ1n) is 9.85. The van der Waals surface area contributed by atoms with Gasteiger partial charge in [-0.3, -0.25) is 4.79 Å². The van der Waals surface area contributed by atoms with E-state index in [9.17, 15) is 9.90 Å². The van der Waals surface area contributed by atoms with Crippen LogP contribution in [0.15, 0.2) is 18.2 Å². The molecule has 4 rings (SSSR count). The van der Waals surface area contributed by atoms with Crippen LogP contribution in [-0.4, -0.2) is 34.6 Å². The summed E-state index contributed by atoms with van der Waals surface area (Å²) in [6, 6.07) is 6.94. The molecule has 1 N–H and O–H groups in total. The maximum absolute atomic E-state index is 12.5. The number of aryl methyl sites for hydroxylation is 2. The third-order valence-corrected chi connectivity index (χ3v) is 7.13. The summed E-state index contributed by atoms with van der Waals surface area (Å²) in [7, 11) is 0. The van der Waals surface area contributed by atoms with Crippen LogP contribution in [0, 0.1) is 25.2 Å². The molecule has 136 valence electrons. The molecule has 1 saturated heterocycles.